The molecule has 0 saturated carbocycles. The molecule has 0 atom stereocenters. The van der Waals surface area contributed by atoms with Crippen LogP contribution in [0.15, 0.2) is 42.6 Å². The predicted molar refractivity (Wildman–Crippen MR) is 96.0 cm³/mol. The Morgan fingerprint density at radius 3 is 2.83 bits per heavy atom. The Bertz CT molecular complexity index is 890. The number of fused-ring (bicyclic) bond motifs is 3. The lowest BCUT2D eigenvalue weighted by Crippen LogP contribution is -2.43. The molecule has 1 N–H and O–H groups in total. The largest absolute Gasteiger partial charge is 0.317 e. The van der Waals surface area contributed by atoms with E-state index in [0.29, 0.717) is 5.41 Å². The topological polar surface area (TPSA) is 42.7 Å². The van der Waals surface area contributed by atoms with Crippen molar-refractivity contribution in [3.63, 3.8) is 0 Å². The maximum Gasteiger partial charge on any atom is 0.0941 e. The van der Waals surface area contributed by atoms with Gasteiger partial charge < -0.3 is 5.32 Å². The minimum atomic E-state index is 0.332. The van der Waals surface area contributed by atoms with Crippen LogP contribution in [0.5, 0.6) is 0 Å². The third kappa shape index (κ3) is 2.17. The van der Waals surface area contributed by atoms with Gasteiger partial charge in [-0.3, -0.25) is 9.67 Å². The summed E-state index contributed by atoms with van der Waals surface area (Å²) in [5.74, 6) is 0. The van der Waals surface area contributed by atoms with E-state index in [1.165, 1.54) is 36.8 Å². The van der Waals surface area contributed by atoms with Crippen molar-refractivity contribution >= 4 is 10.9 Å². The molecule has 4 heteroatoms. The van der Waals surface area contributed by atoms with E-state index in [2.05, 4.69) is 45.3 Å². The van der Waals surface area contributed by atoms with E-state index in [4.69, 9.17) is 5.10 Å². The van der Waals surface area contributed by atoms with Crippen molar-refractivity contribution in [3.8, 4) is 11.3 Å². The molecule has 1 spiro atoms. The molecule has 1 saturated heterocycles. The Morgan fingerprint density at radius 1 is 1.04 bits per heavy atom. The van der Waals surface area contributed by atoms with E-state index in [0.717, 1.165) is 36.4 Å². The molecule has 24 heavy (non-hydrogen) atoms. The molecule has 0 amide bonds. The molecule has 0 aliphatic carbocycles. The zero-order chi connectivity index (χ0) is 16.0. The summed E-state index contributed by atoms with van der Waals surface area (Å²) in [4.78, 5) is 4.61. The molecule has 0 unspecified atom stereocenters. The van der Waals surface area contributed by atoms with Crippen molar-refractivity contribution in [3.05, 3.63) is 48.3 Å². The molecular formula is C20H22N4. The number of aryl methyl sites for hydroxylation is 1. The Hall–Kier alpha value is -2.20. The average molecular weight is 318 g/mol. The molecule has 1 fully saturated rings. The molecule has 2 aliphatic rings. The van der Waals surface area contributed by atoms with E-state index < -0.39 is 0 Å². The Kier molecular flexibility index (Phi) is 3.20. The van der Waals surface area contributed by atoms with E-state index in [-0.39, 0.29) is 0 Å². The molecule has 4 nitrogen and oxygen atoms in total. The summed E-state index contributed by atoms with van der Waals surface area (Å²) >= 11 is 0. The van der Waals surface area contributed by atoms with Crippen molar-refractivity contribution in [1.29, 1.82) is 0 Å². The van der Waals surface area contributed by atoms with Gasteiger partial charge in [-0.1, -0.05) is 18.2 Å². The van der Waals surface area contributed by atoms with E-state index >= 15 is 0 Å². The number of piperidine rings is 1. The summed E-state index contributed by atoms with van der Waals surface area (Å²) in [6, 6.07) is 12.8. The number of nitrogens with zero attached hydrogens (tertiary/aromatic N) is 3. The van der Waals surface area contributed by atoms with Crippen LogP contribution >= 0.6 is 0 Å². The number of benzene rings is 1. The fourth-order valence-electron chi connectivity index (χ4n) is 4.47. The molecule has 1 aromatic carbocycles. The van der Waals surface area contributed by atoms with Crippen LogP contribution in [-0.4, -0.2) is 27.9 Å². The first-order valence-corrected chi connectivity index (χ1v) is 8.98. The molecule has 2 aliphatic heterocycles. The van der Waals surface area contributed by atoms with Gasteiger partial charge in [-0.05, 0) is 57.0 Å². The van der Waals surface area contributed by atoms with Crippen LogP contribution in [0.2, 0.25) is 0 Å². The van der Waals surface area contributed by atoms with Gasteiger partial charge in [0.05, 0.1) is 11.2 Å². The highest BCUT2D eigenvalue weighted by molar-refractivity contribution is 5.82. The number of nitrogens with one attached hydrogen (secondary N) is 1. The van der Waals surface area contributed by atoms with Crippen LogP contribution in [0.25, 0.3) is 22.2 Å². The number of hydrogen-bond donors (Lipinski definition) is 1. The SMILES string of the molecule is c1ccc2ncc(-c3cc4n(n3)CCCC43CCNCC3)cc2c1. The van der Waals surface area contributed by atoms with Gasteiger partial charge in [-0.2, -0.15) is 5.10 Å². The first-order chi connectivity index (χ1) is 11.8. The normalized spacial score (nSPS) is 19.5. The van der Waals surface area contributed by atoms with Crippen molar-refractivity contribution in [2.24, 2.45) is 0 Å². The fraction of sp³-hybridized carbons (Fsp3) is 0.400. The molecule has 0 radical (unpaired) electrons. The van der Waals surface area contributed by atoms with Gasteiger partial charge in [0.15, 0.2) is 0 Å². The van der Waals surface area contributed by atoms with Gasteiger partial charge in [-0.25, -0.2) is 0 Å². The average Bonchev–Trinajstić information content (AvgIpc) is 3.08. The second-order valence-corrected chi connectivity index (χ2v) is 7.19. The zero-order valence-electron chi connectivity index (χ0n) is 13.8. The minimum absolute atomic E-state index is 0.332. The highest BCUT2D eigenvalue weighted by Gasteiger charge is 2.39. The lowest BCUT2D eigenvalue weighted by Gasteiger charge is -2.40. The maximum atomic E-state index is 4.93. The number of hydrogen-bond acceptors (Lipinski definition) is 3. The molecular weight excluding hydrogens is 296 g/mol. The summed E-state index contributed by atoms with van der Waals surface area (Å²) in [6.45, 7) is 3.29. The molecule has 3 aromatic rings. The highest BCUT2D eigenvalue weighted by atomic mass is 15.3. The lowest BCUT2D eigenvalue weighted by molar-refractivity contribution is 0.230. The molecule has 5 rings (SSSR count). The quantitative estimate of drug-likeness (QED) is 0.746. The zero-order valence-corrected chi connectivity index (χ0v) is 13.8. The summed E-state index contributed by atoms with van der Waals surface area (Å²) in [5.41, 5.74) is 5.01. The number of aromatic nitrogens is 3. The van der Waals surface area contributed by atoms with Gasteiger partial charge in [0.1, 0.15) is 0 Å². The molecule has 2 aromatic heterocycles. The summed E-state index contributed by atoms with van der Waals surface area (Å²) < 4.78 is 2.26. The monoisotopic (exact) mass is 318 g/mol. The van der Waals surface area contributed by atoms with E-state index in [9.17, 15) is 0 Å². The second-order valence-electron chi connectivity index (χ2n) is 7.19. The first-order valence-electron chi connectivity index (χ1n) is 8.98. The molecule has 4 heterocycles. The molecule has 122 valence electrons. The Morgan fingerprint density at radius 2 is 1.92 bits per heavy atom. The van der Waals surface area contributed by atoms with Crippen molar-refractivity contribution in [1.82, 2.24) is 20.1 Å². The minimum Gasteiger partial charge on any atom is -0.317 e. The lowest BCUT2D eigenvalue weighted by atomic mass is 9.71. The summed E-state index contributed by atoms with van der Waals surface area (Å²) in [5, 5.41) is 9.62. The number of pyridine rings is 1. The smallest absolute Gasteiger partial charge is 0.0941 e. The van der Waals surface area contributed by atoms with Gasteiger partial charge >= 0.3 is 0 Å². The van der Waals surface area contributed by atoms with Crippen LogP contribution in [0.1, 0.15) is 31.4 Å². The molecule has 0 bridgehead atoms. The summed E-state index contributed by atoms with van der Waals surface area (Å²) in [6.07, 6.45) is 6.97. The van der Waals surface area contributed by atoms with Crippen LogP contribution in [0.3, 0.4) is 0 Å². The number of para-hydroxylation sites is 1. The Labute approximate surface area is 141 Å². The van der Waals surface area contributed by atoms with Crippen molar-refractivity contribution in [2.75, 3.05) is 13.1 Å². The van der Waals surface area contributed by atoms with Crippen molar-refractivity contribution < 1.29 is 0 Å². The van der Waals surface area contributed by atoms with Gasteiger partial charge in [0, 0.05) is 34.8 Å². The maximum absolute atomic E-state index is 4.93. The second kappa shape index (κ2) is 5.42. The third-order valence-electron chi connectivity index (χ3n) is 5.80. The number of rotatable bonds is 1. The van der Waals surface area contributed by atoms with E-state index in [1.54, 1.807) is 0 Å². The standard InChI is InChI=1S/C20H22N4/c1-2-5-17-15(4-1)12-16(14-22-17)18-13-19-20(7-9-21-10-8-20)6-3-11-24(19)23-18/h1-2,4-5,12-14,21H,3,6-11H2. The van der Waals surface area contributed by atoms with Gasteiger partial charge in [0.2, 0.25) is 0 Å². The van der Waals surface area contributed by atoms with Crippen LogP contribution in [0.4, 0.5) is 0 Å². The van der Waals surface area contributed by atoms with Crippen LogP contribution in [0, 0.1) is 0 Å². The summed E-state index contributed by atoms with van der Waals surface area (Å²) in [7, 11) is 0. The highest BCUT2D eigenvalue weighted by Crippen LogP contribution is 2.42. The fourth-order valence-corrected chi connectivity index (χ4v) is 4.47. The third-order valence-corrected chi connectivity index (χ3v) is 5.80. The van der Waals surface area contributed by atoms with Crippen molar-refractivity contribution in [2.45, 2.75) is 37.6 Å². The Balaban J connectivity index is 1.60. The van der Waals surface area contributed by atoms with E-state index in [1.807, 2.05) is 12.3 Å². The van der Waals surface area contributed by atoms with Crippen LogP contribution < -0.4 is 5.32 Å². The first kappa shape index (κ1) is 14.2. The van der Waals surface area contributed by atoms with Gasteiger partial charge in [-0.15, -0.1) is 0 Å². The predicted octanol–water partition coefficient (Wildman–Crippen LogP) is 3.51. The van der Waals surface area contributed by atoms with Gasteiger partial charge in [0.25, 0.3) is 0 Å². The van der Waals surface area contributed by atoms with Crippen LogP contribution in [-0.2, 0) is 12.0 Å².